The van der Waals surface area contributed by atoms with Gasteiger partial charge in [-0.05, 0) is 36.1 Å². The molecule has 1 aliphatic heterocycles. The van der Waals surface area contributed by atoms with Crippen molar-refractivity contribution >= 4 is 11.6 Å². The van der Waals surface area contributed by atoms with Crippen molar-refractivity contribution in [3.8, 4) is 0 Å². The SMILES string of the molecule is CCn1c(C)nc([N+](=O)[O-])c1N1CCC(C(C)N)C1. The van der Waals surface area contributed by atoms with Crippen LogP contribution in [0.25, 0.3) is 0 Å². The molecule has 7 heteroatoms. The molecule has 2 heterocycles. The first-order valence-corrected chi connectivity index (χ1v) is 6.67. The topological polar surface area (TPSA) is 90.2 Å². The summed E-state index contributed by atoms with van der Waals surface area (Å²) in [6.45, 7) is 8.02. The van der Waals surface area contributed by atoms with Crippen molar-refractivity contribution in [3.63, 3.8) is 0 Å². The average Bonchev–Trinajstić information content (AvgIpc) is 2.92. The molecule has 1 aromatic rings. The molecule has 0 radical (unpaired) electrons. The molecule has 0 amide bonds. The summed E-state index contributed by atoms with van der Waals surface area (Å²) in [5.74, 6) is 1.67. The van der Waals surface area contributed by atoms with E-state index in [1.807, 2.05) is 18.4 Å². The lowest BCUT2D eigenvalue weighted by Gasteiger charge is -2.20. The summed E-state index contributed by atoms with van der Waals surface area (Å²) < 4.78 is 1.90. The molecule has 1 fully saturated rings. The minimum atomic E-state index is -0.395. The van der Waals surface area contributed by atoms with Crippen molar-refractivity contribution in [2.75, 3.05) is 18.0 Å². The number of aromatic nitrogens is 2. The van der Waals surface area contributed by atoms with Crippen LogP contribution in [0.3, 0.4) is 0 Å². The smallest absolute Gasteiger partial charge is 0.358 e. The molecule has 0 saturated carbocycles. The average molecular weight is 267 g/mol. The van der Waals surface area contributed by atoms with Gasteiger partial charge in [-0.15, -0.1) is 0 Å². The van der Waals surface area contributed by atoms with Gasteiger partial charge in [0.15, 0.2) is 0 Å². The molecule has 19 heavy (non-hydrogen) atoms. The maximum Gasteiger partial charge on any atom is 0.406 e. The van der Waals surface area contributed by atoms with Gasteiger partial charge in [-0.1, -0.05) is 0 Å². The lowest BCUT2D eigenvalue weighted by Crippen LogP contribution is -2.30. The van der Waals surface area contributed by atoms with Gasteiger partial charge >= 0.3 is 5.82 Å². The van der Waals surface area contributed by atoms with E-state index in [4.69, 9.17) is 5.73 Å². The third kappa shape index (κ3) is 2.42. The number of aryl methyl sites for hydroxylation is 1. The highest BCUT2D eigenvalue weighted by Crippen LogP contribution is 2.33. The summed E-state index contributed by atoms with van der Waals surface area (Å²) in [6.07, 6.45) is 0.975. The molecular weight excluding hydrogens is 246 g/mol. The van der Waals surface area contributed by atoms with E-state index in [0.29, 0.717) is 24.1 Å². The minimum Gasteiger partial charge on any atom is -0.358 e. The van der Waals surface area contributed by atoms with Crippen molar-refractivity contribution in [1.82, 2.24) is 9.55 Å². The first kappa shape index (κ1) is 13.8. The highest BCUT2D eigenvalue weighted by atomic mass is 16.6. The van der Waals surface area contributed by atoms with Crippen LogP contribution in [0.1, 0.15) is 26.1 Å². The van der Waals surface area contributed by atoms with Gasteiger partial charge in [0.2, 0.25) is 11.6 Å². The zero-order valence-electron chi connectivity index (χ0n) is 11.7. The highest BCUT2D eigenvalue weighted by Gasteiger charge is 2.34. The zero-order chi connectivity index (χ0) is 14.2. The Morgan fingerprint density at radius 1 is 1.63 bits per heavy atom. The van der Waals surface area contributed by atoms with Gasteiger partial charge in [-0.2, -0.15) is 0 Å². The van der Waals surface area contributed by atoms with E-state index in [1.54, 1.807) is 6.92 Å². The van der Waals surface area contributed by atoms with Crippen molar-refractivity contribution in [2.24, 2.45) is 11.7 Å². The molecule has 2 rings (SSSR count). The third-order valence-electron chi connectivity index (χ3n) is 3.87. The Hall–Kier alpha value is -1.63. The van der Waals surface area contributed by atoms with Crippen molar-refractivity contribution in [2.45, 2.75) is 39.8 Å². The van der Waals surface area contributed by atoms with Crippen molar-refractivity contribution in [3.05, 3.63) is 15.9 Å². The van der Waals surface area contributed by atoms with Gasteiger partial charge in [0.25, 0.3) is 0 Å². The molecule has 106 valence electrons. The molecule has 1 aliphatic rings. The number of rotatable bonds is 4. The second kappa shape index (κ2) is 5.16. The number of hydrogen-bond acceptors (Lipinski definition) is 5. The zero-order valence-corrected chi connectivity index (χ0v) is 11.7. The van der Waals surface area contributed by atoms with Crippen LogP contribution in [0.5, 0.6) is 0 Å². The van der Waals surface area contributed by atoms with E-state index in [9.17, 15) is 10.1 Å². The first-order valence-electron chi connectivity index (χ1n) is 6.67. The minimum absolute atomic E-state index is 0.0373. The number of hydrogen-bond donors (Lipinski definition) is 1. The van der Waals surface area contributed by atoms with Crippen LogP contribution in [-0.2, 0) is 6.54 Å². The molecule has 1 aromatic heterocycles. The van der Waals surface area contributed by atoms with E-state index < -0.39 is 4.92 Å². The lowest BCUT2D eigenvalue weighted by molar-refractivity contribution is -0.388. The number of nitrogens with two attached hydrogens (primary N) is 1. The van der Waals surface area contributed by atoms with Gasteiger partial charge in [-0.3, -0.25) is 4.57 Å². The molecule has 0 bridgehead atoms. The Morgan fingerprint density at radius 3 is 2.79 bits per heavy atom. The van der Waals surface area contributed by atoms with E-state index in [1.165, 1.54) is 0 Å². The fourth-order valence-corrected chi connectivity index (χ4v) is 2.76. The summed E-state index contributed by atoms with van der Waals surface area (Å²) in [5, 5.41) is 11.2. The maximum atomic E-state index is 11.2. The van der Waals surface area contributed by atoms with Gasteiger partial charge in [0, 0.05) is 32.6 Å². The molecule has 2 unspecified atom stereocenters. The Labute approximate surface area is 112 Å². The van der Waals surface area contributed by atoms with Crippen molar-refractivity contribution in [1.29, 1.82) is 0 Å². The van der Waals surface area contributed by atoms with E-state index in [2.05, 4.69) is 9.88 Å². The number of nitro groups is 1. The predicted molar refractivity (Wildman–Crippen MR) is 73.3 cm³/mol. The van der Waals surface area contributed by atoms with Crippen LogP contribution in [0.4, 0.5) is 11.6 Å². The highest BCUT2D eigenvalue weighted by molar-refractivity contribution is 5.56. The van der Waals surface area contributed by atoms with Crippen LogP contribution in [0.15, 0.2) is 0 Å². The van der Waals surface area contributed by atoms with Crippen LogP contribution in [0, 0.1) is 23.0 Å². The monoisotopic (exact) mass is 267 g/mol. The maximum absolute atomic E-state index is 11.2. The Balaban J connectivity index is 2.36. The molecule has 0 aliphatic carbocycles. The van der Waals surface area contributed by atoms with Gasteiger partial charge < -0.3 is 20.7 Å². The van der Waals surface area contributed by atoms with Crippen LogP contribution < -0.4 is 10.6 Å². The van der Waals surface area contributed by atoms with Gasteiger partial charge in [0.1, 0.15) is 0 Å². The molecule has 2 atom stereocenters. The Bertz CT molecular complexity index is 483. The quantitative estimate of drug-likeness (QED) is 0.655. The molecule has 0 aromatic carbocycles. The van der Waals surface area contributed by atoms with Gasteiger partial charge in [-0.25, -0.2) is 0 Å². The summed E-state index contributed by atoms with van der Waals surface area (Å²) >= 11 is 0. The Kier molecular flexibility index (Phi) is 3.75. The number of imidazole rings is 1. The normalized spacial score (nSPS) is 20.8. The molecule has 0 spiro atoms. The Morgan fingerprint density at radius 2 is 2.32 bits per heavy atom. The molecule has 7 nitrogen and oxygen atoms in total. The standard InChI is InChI=1S/C12H21N5O2/c1-4-16-9(3)14-11(17(18)19)12(16)15-6-5-10(7-15)8(2)13/h8,10H,4-7,13H2,1-3H3. The molecular formula is C12H21N5O2. The number of anilines is 1. The molecule has 1 saturated heterocycles. The van der Waals surface area contributed by atoms with E-state index >= 15 is 0 Å². The second-order valence-electron chi connectivity index (χ2n) is 5.16. The summed E-state index contributed by atoms with van der Waals surface area (Å²) in [4.78, 5) is 16.9. The molecule has 2 N–H and O–H groups in total. The lowest BCUT2D eigenvalue weighted by atomic mass is 10.0. The fraction of sp³-hybridized carbons (Fsp3) is 0.750. The summed E-state index contributed by atoms with van der Waals surface area (Å²) in [5.41, 5.74) is 5.93. The fourth-order valence-electron chi connectivity index (χ4n) is 2.76. The van der Waals surface area contributed by atoms with E-state index in [0.717, 1.165) is 19.5 Å². The van der Waals surface area contributed by atoms with Crippen LogP contribution in [0.2, 0.25) is 0 Å². The second-order valence-corrected chi connectivity index (χ2v) is 5.16. The van der Waals surface area contributed by atoms with Gasteiger partial charge in [0.05, 0.1) is 0 Å². The third-order valence-corrected chi connectivity index (χ3v) is 3.87. The van der Waals surface area contributed by atoms with Crippen LogP contribution in [-0.4, -0.2) is 33.6 Å². The summed E-state index contributed by atoms with van der Waals surface area (Å²) in [7, 11) is 0. The first-order chi connectivity index (χ1) is 8.95. The predicted octanol–water partition coefficient (Wildman–Crippen LogP) is 1.29. The van der Waals surface area contributed by atoms with Crippen LogP contribution >= 0.6 is 0 Å². The van der Waals surface area contributed by atoms with Crippen molar-refractivity contribution < 1.29 is 4.92 Å². The van der Waals surface area contributed by atoms with E-state index in [-0.39, 0.29) is 11.9 Å². The number of nitrogens with zero attached hydrogens (tertiary/aromatic N) is 4. The summed E-state index contributed by atoms with van der Waals surface area (Å²) in [6, 6.07) is 0.114. The largest absolute Gasteiger partial charge is 0.406 e.